The van der Waals surface area contributed by atoms with Gasteiger partial charge in [0.15, 0.2) is 0 Å². The molecule has 1 N–H and O–H groups in total. The van der Waals surface area contributed by atoms with Crippen molar-refractivity contribution in [3.8, 4) is 6.07 Å². The molecule has 0 fully saturated rings. The fourth-order valence-electron chi connectivity index (χ4n) is 1.01. The minimum absolute atomic E-state index is 0.191. The Morgan fingerprint density at radius 2 is 1.79 bits per heavy atom. The Balaban J connectivity index is 3.63. The van der Waals surface area contributed by atoms with Crippen molar-refractivity contribution >= 4 is 0 Å². The molecule has 0 unspecified atom stereocenters. The van der Waals surface area contributed by atoms with E-state index in [4.69, 9.17) is 5.26 Å². The van der Waals surface area contributed by atoms with Crippen molar-refractivity contribution < 1.29 is 0 Å². The molecule has 0 saturated heterocycles. The molecule has 0 atom stereocenters. The van der Waals surface area contributed by atoms with E-state index in [0.29, 0.717) is 5.41 Å². The van der Waals surface area contributed by atoms with E-state index in [2.05, 4.69) is 32.2 Å². The second kappa shape index (κ2) is 5.36. The van der Waals surface area contributed by atoms with Gasteiger partial charge in [-0.2, -0.15) is 5.26 Å². The maximum atomic E-state index is 8.82. The van der Waals surface area contributed by atoms with Crippen molar-refractivity contribution in [3.63, 3.8) is 0 Å². The maximum Gasteiger partial charge on any atom is 0.0684 e. The summed E-state index contributed by atoms with van der Waals surface area (Å²) in [6.45, 7) is 12.7. The van der Waals surface area contributed by atoms with Crippen molar-refractivity contribution in [2.24, 2.45) is 10.8 Å². The van der Waals surface area contributed by atoms with E-state index in [1.54, 1.807) is 0 Å². The van der Waals surface area contributed by atoms with Gasteiger partial charge in [-0.1, -0.05) is 20.8 Å². The Morgan fingerprint density at radius 1 is 1.21 bits per heavy atom. The lowest BCUT2D eigenvalue weighted by molar-refractivity contribution is 0.317. The molecular formula is C12H24N2. The first-order valence-corrected chi connectivity index (χ1v) is 5.45. The molecule has 0 heterocycles. The van der Waals surface area contributed by atoms with Gasteiger partial charge in [0.1, 0.15) is 0 Å². The zero-order valence-electron chi connectivity index (χ0n) is 10.3. The lowest BCUT2D eigenvalue weighted by Gasteiger charge is -2.24. The Morgan fingerprint density at radius 3 is 2.21 bits per heavy atom. The number of hydrogen-bond acceptors (Lipinski definition) is 2. The van der Waals surface area contributed by atoms with Crippen LogP contribution in [0.5, 0.6) is 0 Å². The number of nitrogens with one attached hydrogen (secondary N) is 1. The van der Waals surface area contributed by atoms with Gasteiger partial charge in [-0.15, -0.1) is 0 Å². The van der Waals surface area contributed by atoms with Crippen LogP contribution in [0.3, 0.4) is 0 Å². The molecular weight excluding hydrogens is 172 g/mol. The van der Waals surface area contributed by atoms with Gasteiger partial charge in [-0.05, 0) is 38.6 Å². The smallest absolute Gasteiger partial charge is 0.0684 e. The third-order valence-electron chi connectivity index (χ3n) is 2.79. The first-order chi connectivity index (χ1) is 6.33. The monoisotopic (exact) mass is 196 g/mol. The molecule has 0 aromatic heterocycles. The molecule has 0 aliphatic rings. The van der Waals surface area contributed by atoms with Crippen LogP contribution in [0, 0.1) is 22.2 Å². The third-order valence-corrected chi connectivity index (χ3v) is 2.79. The molecule has 14 heavy (non-hydrogen) atoms. The Labute approximate surface area is 88.7 Å². The average molecular weight is 196 g/mol. The van der Waals surface area contributed by atoms with Crippen LogP contribution in [0.2, 0.25) is 0 Å². The first-order valence-electron chi connectivity index (χ1n) is 5.45. The molecule has 0 radical (unpaired) electrons. The van der Waals surface area contributed by atoms with Crippen LogP contribution in [0.25, 0.3) is 0 Å². The lowest BCUT2D eigenvalue weighted by atomic mass is 9.89. The highest BCUT2D eigenvalue weighted by Gasteiger charge is 2.17. The predicted octanol–water partition coefficient (Wildman–Crippen LogP) is 2.95. The molecule has 0 rings (SSSR count). The minimum Gasteiger partial charge on any atom is -0.316 e. The van der Waals surface area contributed by atoms with Crippen LogP contribution in [-0.4, -0.2) is 13.1 Å². The van der Waals surface area contributed by atoms with Crippen molar-refractivity contribution in [1.29, 1.82) is 5.26 Å². The fourth-order valence-corrected chi connectivity index (χ4v) is 1.01. The van der Waals surface area contributed by atoms with Crippen LogP contribution in [0.1, 0.15) is 47.5 Å². The molecule has 82 valence electrons. The van der Waals surface area contributed by atoms with E-state index < -0.39 is 0 Å². The van der Waals surface area contributed by atoms with Crippen LogP contribution in [0.4, 0.5) is 0 Å². The summed E-state index contributed by atoms with van der Waals surface area (Å²) in [7, 11) is 0. The minimum atomic E-state index is -0.191. The van der Waals surface area contributed by atoms with Crippen molar-refractivity contribution in [2.45, 2.75) is 47.5 Å². The summed E-state index contributed by atoms with van der Waals surface area (Å²) in [6, 6.07) is 2.31. The van der Waals surface area contributed by atoms with Gasteiger partial charge < -0.3 is 5.32 Å². The lowest BCUT2D eigenvalue weighted by Crippen LogP contribution is -2.31. The van der Waals surface area contributed by atoms with E-state index in [-0.39, 0.29) is 5.41 Å². The number of rotatable bonds is 6. The SMILES string of the molecule is CCC(C)(C)CNCCC(C)(C)C#N. The van der Waals surface area contributed by atoms with Gasteiger partial charge in [-0.25, -0.2) is 0 Å². The summed E-state index contributed by atoms with van der Waals surface area (Å²) in [6.07, 6.45) is 2.10. The Kier molecular flexibility index (Phi) is 5.15. The maximum absolute atomic E-state index is 8.82. The molecule has 0 bridgehead atoms. The van der Waals surface area contributed by atoms with Crippen LogP contribution >= 0.6 is 0 Å². The topological polar surface area (TPSA) is 35.8 Å². The summed E-state index contributed by atoms with van der Waals surface area (Å²) in [4.78, 5) is 0. The van der Waals surface area contributed by atoms with Crippen LogP contribution < -0.4 is 5.32 Å². The summed E-state index contributed by atoms with van der Waals surface area (Å²) in [5, 5.41) is 12.2. The van der Waals surface area contributed by atoms with Gasteiger partial charge in [0, 0.05) is 6.54 Å². The van der Waals surface area contributed by atoms with Crippen molar-refractivity contribution in [1.82, 2.24) is 5.32 Å². The number of hydrogen-bond donors (Lipinski definition) is 1. The van der Waals surface area contributed by atoms with E-state index >= 15 is 0 Å². The molecule has 2 nitrogen and oxygen atoms in total. The molecule has 0 amide bonds. The van der Waals surface area contributed by atoms with Gasteiger partial charge in [-0.3, -0.25) is 0 Å². The summed E-state index contributed by atoms with van der Waals surface area (Å²) >= 11 is 0. The molecule has 0 saturated carbocycles. The van der Waals surface area contributed by atoms with Gasteiger partial charge in [0.2, 0.25) is 0 Å². The Bertz CT molecular complexity index is 199. The van der Waals surface area contributed by atoms with Crippen LogP contribution in [-0.2, 0) is 0 Å². The van der Waals surface area contributed by atoms with E-state index in [1.807, 2.05) is 13.8 Å². The second-order valence-corrected chi connectivity index (χ2v) is 5.44. The summed E-state index contributed by atoms with van der Waals surface area (Å²) in [5.41, 5.74) is 0.181. The molecule has 0 aliphatic carbocycles. The van der Waals surface area contributed by atoms with E-state index in [1.165, 1.54) is 6.42 Å². The molecule has 0 spiro atoms. The predicted molar refractivity (Wildman–Crippen MR) is 61.0 cm³/mol. The number of nitrogens with zero attached hydrogens (tertiary/aromatic N) is 1. The normalized spacial score (nSPS) is 12.6. The van der Waals surface area contributed by atoms with Crippen molar-refractivity contribution in [3.05, 3.63) is 0 Å². The summed E-state index contributed by atoms with van der Waals surface area (Å²) < 4.78 is 0. The highest BCUT2D eigenvalue weighted by Crippen LogP contribution is 2.19. The second-order valence-electron chi connectivity index (χ2n) is 5.44. The largest absolute Gasteiger partial charge is 0.316 e. The summed E-state index contributed by atoms with van der Waals surface area (Å²) in [5.74, 6) is 0. The molecule has 2 heteroatoms. The van der Waals surface area contributed by atoms with Gasteiger partial charge in [0.25, 0.3) is 0 Å². The molecule has 0 aromatic carbocycles. The first kappa shape index (κ1) is 13.4. The van der Waals surface area contributed by atoms with Crippen molar-refractivity contribution in [2.75, 3.05) is 13.1 Å². The fraction of sp³-hybridized carbons (Fsp3) is 0.917. The quantitative estimate of drug-likeness (QED) is 0.663. The number of nitriles is 1. The third kappa shape index (κ3) is 5.99. The van der Waals surface area contributed by atoms with E-state index in [0.717, 1.165) is 19.5 Å². The standard InChI is InChI=1S/C12H24N2/c1-6-11(2,3)10-14-8-7-12(4,5)9-13/h14H,6-8,10H2,1-5H3. The van der Waals surface area contributed by atoms with Crippen LogP contribution in [0.15, 0.2) is 0 Å². The van der Waals surface area contributed by atoms with Gasteiger partial charge in [0.05, 0.1) is 11.5 Å². The Hall–Kier alpha value is -0.550. The van der Waals surface area contributed by atoms with E-state index in [9.17, 15) is 0 Å². The zero-order chi connectivity index (χ0) is 11.2. The highest BCUT2D eigenvalue weighted by molar-refractivity contribution is 4.91. The zero-order valence-corrected chi connectivity index (χ0v) is 10.3. The average Bonchev–Trinajstić information content (AvgIpc) is 2.13. The highest BCUT2D eigenvalue weighted by atomic mass is 14.9. The molecule has 0 aliphatic heterocycles. The molecule has 0 aromatic rings. The van der Waals surface area contributed by atoms with Gasteiger partial charge >= 0.3 is 0 Å².